The van der Waals surface area contributed by atoms with E-state index in [0.29, 0.717) is 11.5 Å². The van der Waals surface area contributed by atoms with Crippen LogP contribution in [0.15, 0.2) is 18.2 Å². The number of aliphatic hydroxyl groups is 1. The van der Waals surface area contributed by atoms with Crippen molar-refractivity contribution < 1.29 is 9.50 Å². The molecule has 1 atom stereocenters. The second-order valence-corrected chi connectivity index (χ2v) is 3.88. The fraction of sp³-hybridized carbons (Fsp3) is 0.455. The molecule has 1 fully saturated rings. The molecule has 1 aromatic carbocycles. The van der Waals surface area contributed by atoms with Gasteiger partial charge in [0, 0.05) is 11.6 Å². The van der Waals surface area contributed by atoms with E-state index in [0.717, 1.165) is 18.4 Å². The summed E-state index contributed by atoms with van der Waals surface area (Å²) in [4.78, 5) is 0. The number of rotatable bonds is 3. The van der Waals surface area contributed by atoms with Crippen molar-refractivity contribution in [2.75, 3.05) is 0 Å². The van der Waals surface area contributed by atoms with Crippen LogP contribution < -0.4 is 5.73 Å². The standard InChI is InChI=1S/C11H14FNO/c12-10-4-1-7(6-14)5-9(10)11(13)8-2-3-8/h1,4-5,8,11,14H,2-3,6,13H2/t11-/m0/s1. The van der Waals surface area contributed by atoms with Crippen LogP contribution in [0.4, 0.5) is 4.39 Å². The monoisotopic (exact) mass is 195 g/mol. The molecular formula is C11H14FNO. The van der Waals surface area contributed by atoms with Gasteiger partial charge in [0.1, 0.15) is 5.82 Å². The van der Waals surface area contributed by atoms with Gasteiger partial charge in [0.05, 0.1) is 6.61 Å². The first kappa shape index (κ1) is 9.62. The van der Waals surface area contributed by atoms with Crippen LogP contribution >= 0.6 is 0 Å². The van der Waals surface area contributed by atoms with E-state index >= 15 is 0 Å². The molecule has 0 aliphatic heterocycles. The molecule has 76 valence electrons. The molecule has 0 heterocycles. The third-order valence-electron chi connectivity index (χ3n) is 2.73. The summed E-state index contributed by atoms with van der Waals surface area (Å²) >= 11 is 0. The molecule has 0 unspecified atom stereocenters. The summed E-state index contributed by atoms with van der Waals surface area (Å²) in [5.74, 6) is 0.167. The molecule has 0 spiro atoms. The Morgan fingerprint density at radius 3 is 2.79 bits per heavy atom. The fourth-order valence-corrected chi connectivity index (χ4v) is 1.66. The van der Waals surface area contributed by atoms with E-state index in [1.807, 2.05) is 0 Å². The largest absolute Gasteiger partial charge is 0.392 e. The Morgan fingerprint density at radius 2 is 2.21 bits per heavy atom. The Hall–Kier alpha value is -0.930. The molecule has 0 bridgehead atoms. The number of nitrogens with two attached hydrogens (primary N) is 1. The van der Waals surface area contributed by atoms with E-state index < -0.39 is 0 Å². The van der Waals surface area contributed by atoms with Crippen molar-refractivity contribution in [3.63, 3.8) is 0 Å². The molecule has 3 N–H and O–H groups in total. The summed E-state index contributed by atoms with van der Waals surface area (Å²) < 4.78 is 13.4. The van der Waals surface area contributed by atoms with Gasteiger partial charge in [0.15, 0.2) is 0 Å². The summed E-state index contributed by atoms with van der Waals surface area (Å²) in [6, 6.07) is 4.42. The molecule has 1 saturated carbocycles. The van der Waals surface area contributed by atoms with Crippen molar-refractivity contribution in [1.29, 1.82) is 0 Å². The lowest BCUT2D eigenvalue weighted by atomic mass is 10.0. The van der Waals surface area contributed by atoms with Crippen LogP contribution in [0.3, 0.4) is 0 Å². The zero-order valence-corrected chi connectivity index (χ0v) is 7.91. The molecule has 2 rings (SSSR count). The van der Waals surface area contributed by atoms with Gasteiger partial charge in [0.2, 0.25) is 0 Å². The number of hydrogen-bond donors (Lipinski definition) is 2. The van der Waals surface area contributed by atoms with Gasteiger partial charge in [-0.1, -0.05) is 6.07 Å². The van der Waals surface area contributed by atoms with Gasteiger partial charge in [-0.25, -0.2) is 4.39 Å². The first-order valence-corrected chi connectivity index (χ1v) is 4.87. The lowest BCUT2D eigenvalue weighted by Crippen LogP contribution is -2.14. The van der Waals surface area contributed by atoms with Gasteiger partial charge in [0.25, 0.3) is 0 Å². The smallest absolute Gasteiger partial charge is 0.128 e. The van der Waals surface area contributed by atoms with E-state index in [2.05, 4.69) is 0 Å². The Labute approximate surface area is 82.5 Å². The Bertz CT molecular complexity index is 336. The minimum absolute atomic E-state index is 0.0648. The second-order valence-electron chi connectivity index (χ2n) is 3.88. The Kier molecular flexibility index (Phi) is 2.52. The molecule has 0 amide bonds. The van der Waals surface area contributed by atoms with Gasteiger partial charge < -0.3 is 10.8 Å². The van der Waals surface area contributed by atoms with Crippen molar-refractivity contribution in [3.8, 4) is 0 Å². The van der Waals surface area contributed by atoms with Gasteiger partial charge in [-0.3, -0.25) is 0 Å². The summed E-state index contributed by atoms with van der Waals surface area (Å²) in [5.41, 5.74) is 7.16. The van der Waals surface area contributed by atoms with Crippen molar-refractivity contribution in [3.05, 3.63) is 35.1 Å². The first-order chi connectivity index (χ1) is 6.72. The van der Waals surface area contributed by atoms with Crippen LogP contribution in [-0.2, 0) is 6.61 Å². The quantitative estimate of drug-likeness (QED) is 0.771. The summed E-state index contributed by atoms with van der Waals surface area (Å²) in [5, 5.41) is 8.93. The molecule has 2 nitrogen and oxygen atoms in total. The topological polar surface area (TPSA) is 46.2 Å². The van der Waals surface area contributed by atoms with Crippen LogP contribution in [0.2, 0.25) is 0 Å². The molecule has 1 aliphatic carbocycles. The van der Waals surface area contributed by atoms with Crippen molar-refractivity contribution in [1.82, 2.24) is 0 Å². The molecular weight excluding hydrogens is 181 g/mol. The average molecular weight is 195 g/mol. The third-order valence-corrected chi connectivity index (χ3v) is 2.73. The van der Waals surface area contributed by atoms with Crippen LogP contribution in [0.1, 0.15) is 30.0 Å². The second kappa shape index (κ2) is 3.67. The molecule has 0 saturated heterocycles. The molecule has 1 aliphatic rings. The Balaban J connectivity index is 2.29. The zero-order chi connectivity index (χ0) is 10.1. The molecule has 1 aromatic rings. The number of aliphatic hydroxyl groups excluding tert-OH is 1. The zero-order valence-electron chi connectivity index (χ0n) is 7.91. The normalized spacial score (nSPS) is 18.2. The van der Waals surface area contributed by atoms with E-state index in [9.17, 15) is 4.39 Å². The van der Waals surface area contributed by atoms with Crippen LogP contribution in [-0.4, -0.2) is 5.11 Å². The van der Waals surface area contributed by atoms with Crippen molar-refractivity contribution >= 4 is 0 Å². The average Bonchev–Trinajstić information content (AvgIpc) is 3.01. The highest BCUT2D eigenvalue weighted by molar-refractivity contribution is 5.28. The Morgan fingerprint density at radius 1 is 1.50 bits per heavy atom. The molecule has 0 radical (unpaired) electrons. The van der Waals surface area contributed by atoms with Gasteiger partial charge in [-0.2, -0.15) is 0 Å². The van der Waals surface area contributed by atoms with Crippen LogP contribution in [0.25, 0.3) is 0 Å². The predicted octanol–water partition coefficient (Wildman–Crippen LogP) is 1.73. The maximum Gasteiger partial charge on any atom is 0.128 e. The summed E-state index contributed by atoms with van der Waals surface area (Å²) in [6.45, 7) is -0.0648. The molecule has 0 aromatic heterocycles. The molecule has 3 heteroatoms. The fourth-order valence-electron chi connectivity index (χ4n) is 1.66. The van der Waals surface area contributed by atoms with E-state index in [1.54, 1.807) is 12.1 Å². The highest BCUT2D eigenvalue weighted by Gasteiger charge is 2.31. The lowest BCUT2D eigenvalue weighted by molar-refractivity contribution is 0.281. The third kappa shape index (κ3) is 1.79. The van der Waals surface area contributed by atoms with E-state index in [4.69, 9.17) is 10.8 Å². The highest BCUT2D eigenvalue weighted by Crippen LogP contribution is 2.40. The van der Waals surface area contributed by atoms with Crippen LogP contribution in [0, 0.1) is 11.7 Å². The van der Waals surface area contributed by atoms with Crippen molar-refractivity contribution in [2.24, 2.45) is 11.7 Å². The van der Waals surface area contributed by atoms with Crippen molar-refractivity contribution in [2.45, 2.75) is 25.5 Å². The first-order valence-electron chi connectivity index (χ1n) is 4.87. The minimum atomic E-state index is -0.262. The maximum absolute atomic E-state index is 13.4. The lowest BCUT2D eigenvalue weighted by Gasteiger charge is -2.12. The molecule has 14 heavy (non-hydrogen) atoms. The highest BCUT2D eigenvalue weighted by atomic mass is 19.1. The van der Waals surface area contributed by atoms with Crippen LogP contribution in [0.5, 0.6) is 0 Å². The maximum atomic E-state index is 13.4. The summed E-state index contributed by atoms with van der Waals surface area (Å²) in [6.07, 6.45) is 2.17. The van der Waals surface area contributed by atoms with Gasteiger partial charge in [-0.05, 0) is 36.5 Å². The van der Waals surface area contributed by atoms with E-state index in [1.165, 1.54) is 6.07 Å². The number of benzene rings is 1. The number of hydrogen-bond acceptors (Lipinski definition) is 2. The van der Waals surface area contributed by atoms with Gasteiger partial charge >= 0.3 is 0 Å². The van der Waals surface area contributed by atoms with E-state index in [-0.39, 0.29) is 18.5 Å². The minimum Gasteiger partial charge on any atom is -0.392 e. The summed E-state index contributed by atoms with van der Waals surface area (Å²) in [7, 11) is 0. The number of halogens is 1. The SMILES string of the molecule is N[C@H](c1cc(CO)ccc1F)C1CC1. The predicted molar refractivity (Wildman–Crippen MR) is 52.0 cm³/mol. The van der Waals surface area contributed by atoms with Gasteiger partial charge in [-0.15, -0.1) is 0 Å².